The molecule has 0 amide bonds. The first-order valence-electron chi connectivity index (χ1n) is 11.8. The maximum atomic E-state index is 4.79. The van der Waals surface area contributed by atoms with Gasteiger partial charge in [-0.2, -0.15) is 0 Å². The number of imidazole rings is 1. The van der Waals surface area contributed by atoms with E-state index in [2.05, 4.69) is 108 Å². The highest BCUT2D eigenvalue weighted by Gasteiger charge is 2.16. The standard InChI is InChI=1S/C32H25N3/c1-3-11-26-27-21-23(18-19-31(27)35(30(26)4-2)25-14-6-5-7-15-25)22-12-10-13-24(20-22)32-33-28-16-8-9-17-29(28)34-32/h3-21H,2H2,1H3,(H,33,34)/b11-3-. The number of hydrogen-bond acceptors (Lipinski definition) is 1. The van der Waals surface area contributed by atoms with Crippen molar-refractivity contribution in [3.63, 3.8) is 0 Å². The van der Waals surface area contributed by atoms with Crippen LogP contribution in [-0.2, 0) is 0 Å². The monoisotopic (exact) mass is 451 g/mol. The minimum absolute atomic E-state index is 0.882. The lowest BCUT2D eigenvalue weighted by atomic mass is 10.00. The number of aromatic nitrogens is 3. The summed E-state index contributed by atoms with van der Waals surface area (Å²) in [6.45, 7) is 6.19. The molecule has 4 aromatic carbocycles. The van der Waals surface area contributed by atoms with Crippen molar-refractivity contribution in [3.8, 4) is 28.2 Å². The average Bonchev–Trinajstić information content (AvgIpc) is 3.48. The van der Waals surface area contributed by atoms with Crippen molar-refractivity contribution in [3.05, 3.63) is 121 Å². The summed E-state index contributed by atoms with van der Waals surface area (Å²) in [6.07, 6.45) is 6.21. The number of rotatable bonds is 5. The number of H-pyrrole nitrogens is 1. The Kier molecular flexibility index (Phi) is 5.16. The normalized spacial score (nSPS) is 11.6. The number of hydrogen-bond donors (Lipinski definition) is 1. The van der Waals surface area contributed by atoms with Gasteiger partial charge >= 0.3 is 0 Å². The van der Waals surface area contributed by atoms with E-state index in [9.17, 15) is 0 Å². The Labute approximate surface area is 204 Å². The molecule has 2 aromatic heterocycles. The lowest BCUT2D eigenvalue weighted by Crippen LogP contribution is -1.96. The Morgan fingerprint density at radius 1 is 0.800 bits per heavy atom. The van der Waals surface area contributed by atoms with Crippen molar-refractivity contribution in [1.82, 2.24) is 14.5 Å². The first-order valence-corrected chi connectivity index (χ1v) is 11.8. The van der Waals surface area contributed by atoms with Crippen LogP contribution in [0.2, 0.25) is 0 Å². The van der Waals surface area contributed by atoms with E-state index in [-0.39, 0.29) is 0 Å². The van der Waals surface area contributed by atoms with Gasteiger partial charge in [-0.15, -0.1) is 0 Å². The second kappa shape index (κ2) is 8.62. The van der Waals surface area contributed by atoms with Crippen LogP contribution in [0.1, 0.15) is 18.2 Å². The molecule has 0 aliphatic heterocycles. The summed E-state index contributed by atoms with van der Waals surface area (Å²) >= 11 is 0. The third-order valence-corrected chi connectivity index (χ3v) is 6.44. The van der Waals surface area contributed by atoms with E-state index in [0.29, 0.717) is 0 Å². The first-order chi connectivity index (χ1) is 17.3. The highest BCUT2D eigenvalue weighted by atomic mass is 15.0. The Morgan fingerprint density at radius 2 is 1.57 bits per heavy atom. The molecule has 3 heteroatoms. The number of fused-ring (bicyclic) bond motifs is 2. The van der Waals surface area contributed by atoms with Crippen LogP contribution in [0, 0.1) is 0 Å². The maximum Gasteiger partial charge on any atom is 0.138 e. The predicted molar refractivity (Wildman–Crippen MR) is 149 cm³/mol. The Balaban J connectivity index is 1.52. The molecule has 6 rings (SSSR count). The van der Waals surface area contributed by atoms with Crippen molar-refractivity contribution in [1.29, 1.82) is 0 Å². The summed E-state index contributed by atoms with van der Waals surface area (Å²) in [4.78, 5) is 8.23. The van der Waals surface area contributed by atoms with Gasteiger partial charge < -0.3 is 9.55 Å². The van der Waals surface area contributed by atoms with E-state index in [0.717, 1.165) is 44.9 Å². The van der Waals surface area contributed by atoms with E-state index in [4.69, 9.17) is 4.98 Å². The molecule has 0 fully saturated rings. The van der Waals surface area contributed by atoms with Gasteiger partial charge in [-0.3, -0.25) is 0 Å². The molecule has 0 atom stereocenters. The number of para-hydroxylation sites is 3. The quantitative estimate of drug-likeness (QED) is 0.280. The maximum absolute atomic E-state index is 4.79. The molecule has 0 radical (unpaired) electrons. The van der Waals surface area contributed by atoms with Crippen LogP contribution in [0.25, 0.3) is 62.3 Å². The second-order valence-electron chi connectivity index (χ2n) is 8.59. The molecule has 0 saturated carbocycles. The molecule has 3 nitrogen and oxygen atoms in total. The zero-order valence-corrected chi connectivity index (χ0v) is 19.6. The summed E-state index contributed by atoms with van der Waals surface area (Å²) < 4.78 is 2.28. The number of nitrogens with zero attached hydrogens (tertiary/aromatic N) is 2. The van der Waals surface area contributed by atoms with Gasteiger partial charge in [0.1, 0.15) is 5.82 Å². The van der Waals surface area contributed by atoms with Gasteiger partial charge in [0.25, 0.3) is 0 Å². The summed E-state index contributed by atoms with van der Waals surface area (Å²) in [5.74, 6) is 0.882. The molecule has 0 aliphatic carbocycles. The molecule has 35 heavy (non-hydrogen) atoms. The Bertz CT molecular complexity index is 1680. The molecule has 168 valence electrons. The van der Waals surface area contributed by atoms with Gasteiger partial charge in [0, 0.05) is 22.2 Å². The van der Waals surface area contributed by atoms with Crippen LogP contribution in [0.3, 0.4) is 0 Å². The largest absolute Gasteiger partial charge is 0.338 e. The van der Waals surface area contributed by atoms with E-state index < -0.39 is 0 Å². The van der Waals surface area contributed by atoms with Gasteiger partial charge in [0.05, 0.1) is 22.2 Å². The molecule has 1 N–H and O–H groups in total. The molecular weight excluding hydrogens is 426 g/mol. The van der Waals surface area contributed by atoms with Crippen LogP contribution < -0.4 is 0 Å². The summed E-state index contributed by atoms with van der Waals surface area (Å²) in [6, 6.07) is 33.8. The fraction of sp³-hybridized carbons (Fsp3) is 0.0312. The van der Waals surface area contributed by atoms with Crippen molar-refractivity contribution >= 4 is 34.1 Å². The minimum atomic E-state index is 0.882. The lowest BCUT2D eigenvalue weighted by Gasteiger charge is -2.09. The molecule has 0 saturated heterocycles. The first kappa shape index (κ1) is 20.9. The molecule has 0 bridgehead atoms. The third-order valence-electron chi connectivity index (χ3n) is 6.44. The minimum Gasteiger partial charge on any atom is -0.338 e. The van der Waals surface area contributed by atoms with Crippen LogP contribution in [0.4, 0.5) is 0 Å². The summed E-state index contributed by atoms with van der Waals surface area (Å²) in [5.41, 5.74) is 9.98. The van der Waals surface area contributed by atoms with E-state index >= 15 is 0 Å². The van der Waals surface area contributed by atoms with Crippen molar-refractivity contribution in [2.45, 2.75) is 6.92 Å². The van der Waals surface area contributed by atoms with E-state index in [1.807, 2.05) is 30.3 Å². The average molecular weight is 452 g/mol. The Hall–Kier alpha value is -4.63. The fourth-order valence-corrected chi connectivity index (χ4v) is 4.85. The highest BCUT2D eigenvalue weighted by molar-refractivity contribution is 5.98. The molecule has 2 heterocycles. The van der Waals surface area contributed by atoms with Gasteiger partial charge in [0.15, 0.2) is 0 Å². The zero-order valence-electron chi connectivity index (χ0n) is 19.6. The molecule has 0 aliphatic rings. The van der Waals surface area contributed by atoms with Crippen LogP contribution >= 0.6 is 0 Å². The summed E-state index contributed by atoms with van der Waals surface area (Å²) in [7, 11) is 0. The second-order valence-corrected chi connectivity index (χ2v) is 8.59. The highest BCUT2D eigenvalue weighted by Crippen LogP contribution is 2.35. The lowest BCUT2D eigenvalue weighted by molar-refractivity contribution is 1.11. The Morgan fingerprint density at radius 3 is 2.37 bits per heavy atom. The van der Waals surface area contributed by atoms with Crippen LogP contribution in [0.15, 0.2) is 110 Å². The van der Waals surface area contributed by atoms with Gasteiger partial charge in [-0.05, 0) is 66.6 Å². The van der Waals surface area contributed by atoms with Crippen molar-refractivity contribution in [2.24, 2.45) is 0 Å². The molecular formula is C32H25N3. The van der Waals surface area contributed by atoms with Gasteiger partial charge in [0.2, 0.25) is 0 Å². The van der Waals surface area contributed by atoms with E-state index in [1.54, 1.807) is 0 Å². The molecule has 0 spiro atoms. The topological polar surface area (TPSA) is 33.6 Å². The number of allylic oxidation sites excluding steroid dienone is 1. The SMILES string of the molecule is C=Cc1c(/C=C\C)c2cc(-c3cccc(-c4nc5ccccc5[nH]4)c3)ccc2n1-c1ccccc1. The zero-order chi connectivity index (χ0) is 23.8. The van der Waals surface area contributed by atoms with Crippen molar-refractivity contribution < 1.29 is 0 Å². The molecule has 0 unspecified atom stereocenters. The third kappa shape index (κ3) is 3.58. The summed E-state index contributed by atoms with van der Waals surface area (Å²) in [5, 5.41) is 1.20. The fourth-order valence-electron chi connectivity index (χ4n) is 4.85. The van der Waals surface area contributed by atoms with Gasteiger partial charge in [-0.1, -0.05) is 73.3 Å². The van der Waals surface area contributed by atoms with Crippen molar-refractivity contribution in [2.75, 3.05) is 0 Å². The van der Waals surface area contributed by atoms with E-state index in [1.165, 1.54) is 16.5 Å². The smallest absolute Gasteiger partial charge is 0.138 e. The van der Waals surface area contributed by atoms with Crippen LogP contribution in [-0.4, -0.2) is 14.5 Å². The van der Waals surface area contributed by atoms with Gasteiger partial charge in [-0.25, -0.2) is 4.98 Å². The predicted octanol–water partition coefficient (Wildman–Crippen LogP) is 8.52. The number of aromatic amines is 1. The van der Waals surface area contributed by atoms with Crippen LogP contribution in [0.5, 0.6) is 0 Å². The number of nitrogens with one attached hydrogen (secondary N) is 1. The molecule has 6 aromatic rings. The number of benzene rings is 4.